The van der Waals surface area contributed by atoms with Crippen LogP contribution in [0.2, 0.25) is 5.02 Å². The number of carbonyl (C=O) groups excluding carboxylic acids is 1. The lowest BCUT2D eigenvalue weighted by molar-refractivity contribution is -0.121. The molecule has 24 heavy (non-hydrogen) atoms. The second-order valence-corrected chi connectivity index (χ2v) is 8.99. The van der Waals surface area contributed by atoms with Crippen LogP contribution in [0.5, 0.6) is 0 Å². The van der Waals surface area contributed by atoms with Crippen molar-refractivity contribution in [2.45, 2.75) is 51.0 Å². The summed E-state index contributed by atoms with van der Waals surface area (Å²) in [5.74, 6) is 0.343. The van der Waals surface area contributed by atoms with E-state index in [4.69, 9.17) is 11.6 Å². The first kappa shape index (κ1) is 20.9. The maximum absolute atomic E-state index is 12.4. The Morgan fingerprint density at radius 2 is 1.75 bits per heavy atom. The van der Waals surface area contributed by atoms with E-state index in [-0.39, 0.29) is 23.4 Å². The van der Waals surface area contributed by atoms with Crippen LogP contribution >= 0.6 is 11.6 Å². The Hall–Kier alpha value is -1.11. The van der Waals surface area contributed by atoms with Gasteiger partial charge in [0.25, 0.3) is 0 Å². The van der Waals surface area contributed by atoms with Crippen LogP contribution in [0.1, 0.15) is 40.0 Å². The summed E-state index contributed by atoms with van der Waals surface area (Å²) in [4.78, 5) is 12.2. The monoisotopic (exact) mass is 374 g/mol. The molecule has 0 fully saturated rings. The average Bonchev–Trinajstić information content (AvgIpc) is 2.46. The fourth-order valence-corrected chi connectivity index (χ4v) is 3.55. The third kappa shape index (κ3) is 6.79. The van der Waals surface area contributed by atoms with E-state index in [1.54, 1.807) is 0 Å². The molecule has 5 nitrogen and oxygen atoms in total. The van der Waals surface area contributed by atoms with Crippen molar-refractivity contribution < 1.29 is 13.2 Å². The van der Waals surface area contributed by atoms with Gasteiger partial charge in [0.1, 0.15) is 0 Å². The molecule has 0 spiro atoms. The minimum absolute atomic E-state index is 0.0304. The lowest BCUT2D eigenvalue weighted by Gasteiger charge is -2.19. The fourth-order valence-electron chi connectivity index (χ4n) is 2.30. The van der Waals surface area contributed by atoms with Gasteiger partial charge in [0.15, 0.2) is 0 Å². The van der Waals surface area contributed by atoms with Gasteiger partial charge >= 0.3 is 0 Å². The molecule has 1 atom stereocenters. The zero-order chi connectivity index (χ0) is 18.3. The maximum atomic E-state index is 12.4. The van der Waals surface area contributed by atoms with E-state index in [9.17, 15) is 13.2 Å². The molecule has 0 aromatic heterocycles. The predicted molar refractivity (Wildman–Crippen MR) is 97.6 cm³/mol. The van der Waals surface area contributed by atoms with Crippen molar-refractivity contribution in [1.82, 2.24) is 9.62 Å². The van der Waals surface area contributed by atoms with E-state index in [0.717, 1.165) is 23.6 Å². The van der Waals surface area contributed by atoms with E-state index in [0.29, 0.717) is 10.9 Å². The smallest absolute Gasteiger partial charge is 0.243 e. The van der Waals surface area contributed by atoms with Crippen LogP contribution in [0.25, 0.3) is 0 Å². The second-order valence-electron chi connectivity index (χ2n) is 6.51. The molecule has 1 amide bonds. The second kappa shape index (κ2) is 9.39. The van der Waals surface area contributed by atoms with Gasteiger partial charge in [-0.15, -0.1) is 0 Å². The van der Waals surface area contributed by atoms with Crippen molar-refractivity contribution in [3.63, 3.8) is 0 Å². The van der Waals surface area contributed by atoms with E-state index in [1.807, 2.05) is 6.92 Å². The van der Waals surface area contributed by atoms with Gasteiger partial charge in [-0.2, -0.15) is 4.31 Å². The zero-order valence-electron chi connectivity index (χ0n) is 14.8. The number of sulfonamides is 1. The minimum atomic E-state index is -3.70. The Kier molecular flexibility index (Phi) is 8.19. The highest BCUT2D eigenvalue weighted by molar-refractivity contribution is 7.89. The molecule has 7 heteroatoms. The highest BCUT2D eigenvalue weighted by atomic mass is 35.5. The van der Waals surface area contributed by atoms with Crippen LogP contribution in [0.15, 0.2) is 29.2 Å². The number of benzene rings is 1. The number of nitrogens with one attached hydrogen (secondary N) is 1. The molecule has 1 aromatic rings. The summed E-state index contributed by atoms with van der Waals surface area (Å²) in [6, 6.07) is 5.92. The van der Waals surface area contributed by atoms with Crippen molar-refractivity contribution in [3.05, 3.63) is 29.3 Å². The van der Waals surface area contributed by atoms with Crippen molar-refractivity contribution >= 4 is 27.5 Å². The summed E-state index contributed by atoms with van der Waals surface area (Å²) < 4.78 is 25.9. The van der Waals surface area contributed by atoms with Gasteiger partial charge in [0.05, 0.1) is 11.4 Å². The molecule has 0 saturated carbocycles. The zero-order valence-corrected chi connectivity index (χ0v) is 16.3. The third-order valence-electron chi connectivity index (χ3n) is 3.71. The Balaban J connectivity index is 2.55. The predicted octanol–water partition coefficient (Wildman–Crippen LogP) is 3.29. The molecule has 0 unspecified atom stereocenters. The van der Waals surface area contributed by atoms with Gasteiger partial charge in [-0.05, 0) is 43.5 Å². The molecule has 1 rings (SSSR count). The molecule has 0 radical (unpaired) electrons. The fraction of sp³-hybridized carbons (Fsp3) is 0.588. The van der Waals surface area contributed by atoms with Crippen LogP contribution in [-0.4, -0.2) is 38.3 Å². The van der Waals surface area contributed by atoms with Gasteiger partial charge in [-0.3, -0.25) is 4.79 Å². The van der Waals surface area contributed by atoms with Crippen LogP contribution in [0, 0.1) is 5.92 Å². The molecule has 1 N–H and O–H groups in total. The third-order valence-corrected chi connectivity index (χ3v) is 5.78. The van der Waals surface area contributed by atoms with E-state index in [1.165, 1.54) is 31.3 Å². The molecular formula is C17H27ClN2O3S. The Morgan fingerprint density at radius 3 is 2.29 bits per heavy atom. The average molecular weight is 375 g/mol. The summed E-state index contributed by atoms with van der Waals surface area (Å²) in [6.07, 6.45) is 3.04. The van der Waals surface area contributed by atoms with E-state index in [2.05, 4.69) is 19.2 Å². The summed E-state index contributed by atoms with van der Waals surface area (Å²) >= 11 is 5.77. The van der Waals surface area contributed by atoms with Crippen LogP contribution < -0.4 is 5.32 Å². The van der Waals surface area contributed by atoms with Crippen LogP contribution in [0.4, 0.5) is 0 Å². The largest absolute Gasteiger partial charge is 0.353 e. The van der Waals surface area contributed by atoms with Gasteiger partial charge in [0, 0.05) is 18.1 Å². The van der Waals surface area contributed by atoms with Crippen LogP contribution in [0.3, 0.4) is 0 Å². The quantitative estimate of drug-likeness (QED) is 0.721. The first-order chi connectivity index (χ1) is 11.1. The molecular weight excluding hydrogens is 348 g/mol. The summed E-state index contributed by atoms with van der Waals surface area (Å²) in [7, 11) is -2.31. The Bertz CT molecular complexity index is 630. The van der Waals surface area contributed by atoms with Crippen molar-refractivity contribution in [3.8, 4) is 0 Å². The standard InChI is InChI=1S/C17H27ClN2O3S/c1-13(2)6-5-7-14(3)19-17(21)12-20(4)24(22,23)16-10-8-15(18)9-11-16/h8-11,13-14H,5-7,12H2,1-4H3,(H,19,21)/t14-/m1/s1. The molecule has 0 saturated heterocycles. The number of hydrogen-bond acceptors (Lipinski definition) is 3. The molecule has 0 aliphatic rings. The van der Waals surface area contributed by atoms with E-state index < -0.39 is 10.0 Å². The van der Waals surface area contributed by atoms with Gasteiger partial charge in [0.2, 0.25) is 15.9 Å². The van der Waals surface area contributed by atoms with E-state index >= 15 is 0 Å². The number of hydrogen-bond donors (Lipinski definition) is 1. The van der Waals surface area contributed by atoms with Crippen molar-refractivity contribution in [1.29, 1.82) is 0 Å². The molecule has 0 aliphatic heterocycles. The molecule has 0 aliphatic carbocycles. The summed E-state index contributed by atoms with van der Waals surface area (Å²) in [6.45, 7) is 6.06. The lowest BCUT2D eigenvalue weighted by Crippen LogP contribution is -2.41. The number of carbonyl (C=O) groups is 1. The Morgan fingerprint density at radius 1 is 1.17 bits per heavy atom. The minimum Gasteiger partial charge on any atom is -0.353 e. The summed E-state index contributed by atoms with van der Waals surface area (Å²) in [5.41, 5.74) is 0. The lowest BCUT2D eigenvalue weighted by atomic mass is 10.0. The normalized spacial score (nSPS) is 13.3. The first-order valence-corrected chi connectivity index (χ1v) is 9.96. The molecule has 0 heterocycles. The first-order valence-electron chi connectivity index (χ1n) is 8.14. The summed E-state index contributed by atoms with van der Waals surface area (Å²) in [5, 5.41) is 3.31. The molecule has 1 aromatic carbocycles. The van der Waals surface area contributed by atoms with Crippen LogP contribution in [-0.2, 0) is 14.8 Å². The number of amides is 1. The van der Waals surface area contributed by atoms with Gasteiger partial charge in [-0.1, -0.05) is 38.3 Å². The number of rotatable bonds is 9. The molecule has 136 valence electrons. The van der Waals surface area contributed by atoms with Crippen molar-refractivity contribution in [2.75, 3.05) is 13.6 Å². The topological polar surface area (TPSA) is 66.5 Å². The van der Waals surface area contributed by atoms with Gasteiger partial charge < -0.3 is 5.32 Å². The van der Waals surface area contributed by atoms with Crippen molar-refractivity contribution in [2.24, 2.45) is 5.92 Å². The van der Waals surface area contributed by atoms with Gasteiger partial charge in [-0.25, -0.2) is 8.42 Å². The highest BCUT2D eigenvalue weighted by Gasteiger charge is 2.23. The number of halogens is 1. The molecule has 0 bridgehead atoms. The highest BCUT2D eigenvalue weighted by Crippen LogP contribution is 2.17. The Labute approximate surface area is 150 Å². The number of likely N-dealkylation sites (N-methyl/N-ethyl adjacent to an activating group) is 1. The maximum Gasteiger partial charge on any atom is 0.243 e. The number of nitrogens with zero attached hydrogens (tertiary/aromatic N) is 1. The SMILES string of the molecule is CC(C)CCC[C@@H](C)NC(=O)CN(C)S(=O)(=O)c1ccc(Cl)cc1.